The maximum atomic E-state index is 11.2. The Kier molecular flexibility index (Phi) is 2.43. The highest BCUT2D eigenvalue weighted by atomic mass is 79.9. The van der Waals surface area contributed by atoms with Crippen molar-refractivity contribution in [2.24, 2.45) is 0 Å². The number of hydrogen-bond acceptors (Lipinski definition) is 2. The molecule has 1 fully saturated rings. The summed E-state index contributed by atoms with van der Waals surface area (Å²) in [7, 11) is 0. The molecule has 2 aromatic heterocycles. The third kappa shape index (κ3) is 1.57. The van der Waals surface area contributed by atoms with E-state index in [1.165, 1.54) is 6.42 Å². The minimum Gasteiger partial charge on any atom is -0.476 e. The molecule has 5 heteroatoms. The molecule has 0 spiro atoms. The normalized spacial score (nSPS) is 16.1. The number of carbonyl (C=O) groups is 1. The summed E-state index contributed by atoms with van der Waals surface area (Å²) in [6.07, 6.45) is 3.39. The van der Waals surface area contributed by atoms with Gasteiger partial charge in [-0.1, -0.05) is 12.5 Å². The van der Waals surface area contributed by atoms with Gasteiger partial charge in [-0.3, -0.25) is 4.40 Å². The van der Waals surface area contributed by atoms with Gasteiger partial charge in [-0.2, -0.15) is 0 Å². The molecule has 2 aromatic rings. The van der Waals surface area contributed by atoms with Crippen molar-refractivity contribution in [1.82, 2.24) is 9.38 Å². The molecule has 1 aliphatic carbocycles. The number of aromatic carboxylic acids is 1. The van der Waals surface area contributed by atoms with E-state index in [2.05, 4.69) is 20.9 Å². The lowest BCUT2D eigenvalue weighted by atomic mass is 9.85. The molecule has 1 N–H and O–H groups in total. The minimum absolute atomic E-state index is 0.146. The number of nitrogens with zero attached hydrogens (tertiary/aromatic N) is 2. The third-order valence-electron chi connectivity index (χ3n) is 3.31. The standard InChI is InChI=1S/C12H11BrN2O2/c13-9-6-2-5-8-10(12(16)17)14-11(15(8)9)7-3-1-4-7/h2,5-7H,1,3-4H2,(H,16,17). The van der Waals surface area contributed by atoms with Gasteiger partial charge >= 0.3 is 5.97 Å². The fraction of sp³-hybridized carbons (Fsp3) is 0.333. The fourth-order valence-electron chi connectivity index (χ4n) is 2.22. The van der Waals surface area contributed by atoms with Crippen molar-refractivity contribution in [1.29, 1.82) is 0 Å². The molecule has 0 radical (unpaired) electrons. The first-order valence-electron chi connectivity index (χ1n) is 5.58. The van der Waals surface area contributed by atoms with E-state index in [4.69, 9.17) is 5.11 Å². The number of carboxylic acids is 1. The van der Waals surface area contributed by atoms with Gasteiger partial charge in [0.1, 0.15) is 5.82 Å². The van der Waals surface area contributed by atoms with Gasteiger partial charge in [0.2, 0.25) is 0 Å². The fourth-order valence-corrected chi connectivity index (χ4v) is 2.75. The van der Waals surface area contributed by atoms with Gasteiger partial charge in [0, 0.05) is 5.92 Å². The van der Waals surface area contributed by atoms with Crippen LogP contribution >= 0.6 is 15.9 Å². The van der Waals surface area contributed by atoms with Gasteiger partial charge in [0.25, 0.3) is 0 Å². The average Bonchev–Trinajstić information content (AvgIpc) is 2.56. The summed E-state index contributed by atoms with van der Waals surface area (Å²) in [5.74, 6) is 0.302. The summed E-state index contributed by atoms with van der Waals surface area (Å²) < 4.78 is 2.77. The van der Waals surface area contributed by atoms with Gasteiger partial charge in [-0.25, -0.2) is 9.78 Å². The van der Waals surface area contributed by atoms with Crippen LogP contribution < -0.4 is 0 Å². The molecule has 2 heterocycles. The Hall–Kier alpha value is -1.36. The van der Waals surface area contributed by atoms with E-state index in [9.17, 15) is 4.79 Å². The van der Waals surface area contributed by atoms with Gasteiger partial charge < -0.3 is 5.11 Å². The van der Waals surface area contributed by atoms with Gasteiger partial charge in [0.15, 0.2) is 5.69 Å². The second kappa shape index (κ2) is 3.84. The van der Waals surface area contributed by atoms with Crippen LogP contribution in [0.15, 0.2) is 22.8 Å². The Labute approximate surface area is 106 Å². The number of rotatable bonds is 2. The van der Waals surface area contributed by atoms with E-state index < -0.39 is 5.97 Å². The summed E-state index contributed by atoms with van der Waals surface area (Å²) in [4.78, 5) is 15.5. The highest BCUT2D eigenvalue weighted by molar-refractivity contribution is 9.10. The van der Waals surface area contributed by atoms with Crippen LogP contribution in [-0.4, -0.2) is 20.5 Å². The maximum Gasteiger partial charge on any atom is 0.356 e. The van der Waals surface area contributed by atoms with Crippen LogP contribution in [0.4, 0.5) is 0 Å². The summed E-state index contributed by atoms with van der Waals surface area (Å²) in [6.45, 7) is 0. The van der Waals surface area contributed by atoms with Crippen LogP contribution in [0.25, 0.3) is 5.52 Å². The summed E-state index contributed by atoms with van der Waals surface area (Å²) in [6, 6.07) is 5.53. The molecule has 0 aliphatic heterocycles. The van der Waals surface area contributed by atoms with Crippen molar-refractivity contribution in [3.8, 4) is 0 Å². The van der Waals surface area contributed by atoms with Crippen LogP contribution in [0.2, 0.25) is 0 Å². The summed E-state index contributed by atoms with van der Waals surface area (Å²) in [5.41, 5.74) is 0.807. The van der Waals surface area contributed by atoms with Crippen molar-refractivity contribution in [2.75, 3.05) is 0 Å². The predicted molar refractivity (Wildman–Crippen MR) is 66.4 cm³/mol. The van der Waals surface area contributed by atoms with Crippen molar-refractivity contribution in [3.63, 3.8) is 0 Å². The molecule has 0 atom stereocenters. The second-order valence-corrected chi connectivity index (χ2v) is 5.13. The van der Waals surface area contributed by atoms with E-state index in [-0.39, 0.29) is 5.69 Å². The molecule has 0 unspecified atom stereocenters. The highest BCUT2D eigenvalue weighted by Gasteiger charge is 2.27. The predicted octanol–water partition coefficient (Wildman–Crippen LogP) is 3.06. The lowest BCUT2D eigenvalue weighted by molar-refractivity contribution is 0.0693. The van der Waals surface area contributed by atoms with E-state index in [1.807, 2.05) is 16.5 Å². The Morgan fingerprint density at radius 3 is 2.82 bits per heavy atom. The molecule has 1 aliphatic rings. The van der Waals surface area contributed by atoms with E-state index >= 15 is 0 Å². The Morgan fingerprint density at radius 2 is 2.24 bits per heavy atom. The molecule has 17 heavy (non-hydrogen) atoms. The van der Waals surface area contributed by atoms with E-state index in [0.29, 0.717) is 11.4 Å². The molecule has 4 nitrogen and oxygen atoms in total. The molecule has 0 saturated heterocycles. The Balaban J connectivity index is 2.30. The quantitative estimate of drug-likeness (QED) is 0.866. The van der Waals surface area contributed by atoms with Crippen LogP contribution in [0.3, 0.4) is 0 Å². The average molecular weight is 295 g/mol. The van der Waals surface area contributed by atoms with Gasteiger partial charge in [-0.05, 0) is 40.9 Å². The molecule has 0 amide bonds. The number of halogens is 1. The third-order valence-corrected chi connectivity index (χ3v) is 3.93. The molecule has 0 bridgehead atoms. The van der Waals surface area contributed by atoms with Gasteiger partial charge in [0.05, 0.1) is 10.1 Å². The number of hydrogen-bond donors (Lipinski definition) is 1. The first kappa shape index (κ1) is 10.8. The first-order chi connectivity index (χ1) is 8.18. The summed E-state index contributed by atoms with van der Waals surface area (Å²) in [5, 5.41) is 9.17. The van der Waals surface area contributed by atoms with E-state index in [1.54, 1.807) is 6.07 Å². The smallest absolute Gasteiger partial charge is 0.356 e. The zero-order valence-corrected chi connectivity index (χ0v) is 10.6. The van der Waals surface area contributed by atoms with Crippen molar-refractivity contribution in [3.05, 3.63) is 34.3 Å². The van der Waals surface area contributed by atoms with Crippen LogP contribution in [0.1, 0.15) is 41.5 Å². The lowest BCUT2D eigenvalue weighted by Gasteiger charge is -2.24. The number of pyridine rings is 1. The zero-order valence-electron chi connectivity index (χ0n) is 9.06. The molecule has 3 rings (SSSR count). The van der Waals surface area contributed by atoms with Crippen LogP contribution in [0.5, 0.6) is 0 Å². The first-order valence-corrected chi connectivity index (χ1v) is 6.38. The lowest BCUT2D eigenvalue weighted by Crippen LogP contribution is -2.13. The molecule has 0 aromatic carbocycles. The molecular formula is C12H11BrN2O2. The number of imidazole rings is 1. The van der Waals surface area contributed by atoms with Crippen molar-refractivity contribution in [2.45, 2.75) is 25.2 Å². The highest BCUT2D eigenvalue weighted by Crippen LogP contribution is 2.37. The number of fused-ring (bicyclic) bond motifs is 1. The molecule has 88 valence electrons. The number of carboxylic acid groups (broad SMARTS) is 1. The summed E-state index contributed by atoms with van der Waals surface area (Å²) >= 11 is 3.46. The topological polar surface area (TPSA) is 54.6 Å². The van der Waals surface area contributed by atoms with Crippen molar-refractivity contribution < 1.29 is 9.90 Å². The van der Waals surface area contributed by atoms with Gasteiger partial charge in [-0.15, -0.1) is 0 Å². The SMILES string of the molecule is O=C(O)c1nc(C2CCC2)n2c(Br)cccc12. The minimum atomic E-state index is -0.967. The second-order valence-electron chi connectivity index (χ2n) is 4.32. The van der Waals surface area contributed by atoms with Crippen LogP contribution in [0, 0.1) is 0 Å². The largest absolute Gasteiger partial charge is 0.476 e. The maximum absolute atomic E-state index is 11.2. The van der Waals surface area contributed by atoms with Crippen molar-refractivity contribution >= 4 is 27.4 Å². The Morgan fingerprint density at radius 1 is 1.47 bits per heavy atom. The molecular weight excluding hydrogens is 284 g/mol. The zero-order chi connectivity index (χ0) is 12.0. The number of aromatic nitrogens is 2. The molecule has 1 saturated carbocycles. The van der Waals surface area contributed by atoms with Crippen LogP contribution in [-0.2, 0) is 0 Å². The van der Waals surface area contributed by atoms with E-state index in [0.717, 1.165) is 23.3 Å². The Bertz CT molecular complexity index is 602. The monoisotopic (exact) mass is 294 g/mol.